The zero-order valence-corrected chi connectivity index (χ0v) is 15.1. The molecule has 0 fully saturated rings. The molecule has 136 valence electrons. The van der Waals surface area contributed by atoms with Gasteiger partial charge in [0, 0.05) is 17.3 Å². The van der Waals surface area contributed by atoms with Gasteiger partial charge in [-0.1, -0.05) is 54.3 Å². The molecule has 0 aliphatic heterocycles. The Hall–Kier alpha value is -4.02. The second-order valence-corrected chi connectivity index (χ2v) is 5.96. The van der Waals surface area contributed by atoms with Crippen LogP contribution in [0.5, 0.6) is 5.75 Å². The number of carbonyl (C=O) groups excluding carboxylic acids is 1. The molecule has 0 unspecified atom stereocenters. The highest BCUT2D eigenvalue weighted by molar-refractivity contribution is 6.11. The number of hydrogen-bond acceptors (Lipinski definition) is 3. The van der Waals surface area contributed by atoms with Crippen molar-refractivity contribution in [2.45, 2.75) is 6.54 Å². The van der Waals surface area contributed by atoms with Gasteiger partial charge in [-0.05, 0) is 23.8 Å². The van der Waals surface area contributed by atoms with E-state index in [2.05, 4.69) is 11.8 Å². The van der Waals surface area contributed by atoms with E-state index >= 15 is 0 Å². The van der Waals surface area contributed by atoms with E-state index in [1.165, 1.54) is 10.8 Å². The van der Waals surface area contributed by atoms with Crippen molar-refractivity contribution in [3.8, 4) is 41.6 Å². The lowest BCUT2D eigenvalue weighted by molar-refractivity contribution is 0.103. The molecule has 4 heteroatoms. The van der Waals surface area contributed by atoms with Gasteiger partial charge in [-0.2, -0.15) is 0 Å². The van der Waals surface area contributed by atoms with E-state index in [0.29, 0.717) is 28.0 Å². The van der Waals surface area contributed by atoms with Gasteiger partial charge in [0.2, 0.25) is 0 Å². The van der Waals surface area contributed by atoms with Gasteiger partial charge in [0.25, 0.3) is 5.56 Å². The highest BCUT2D eigenvalue weighted by atomic mass is 16.5. The van der Waals surface area contributed by atoms with Gasteiger partial charge in [-0.15, -0.1) is 12.8 Å². The first-order valence-corrected chi connectivity index (χ1v) is 8.59. The third kappa shape index (κ3) is 3.87. The van der Waals surface area contributed by atoms with Crippen LogP contribution in [-0.4, -0.2) is 17.0 Å². The number of ether oxygens (including phenoxy) is 1. The molecular weight excluding hydrogens is 350 g/mol. The topological polar surface area (TPSA) is 48.3 Å². The summed E-state index contributed by atoms with van der Waals surface area (Å²) in [5, 5.41) is 0. The van der Waals surface area contributed by atoms with Crippen molar-refractivity contribution in [1.82, 2.24) is 4.57 Å². The molecule has 3 aromatic rings. The van der Waals surface area contributed by atoms with Crippen molar-refractivity contribution in [2.75, 3.05) is 6.61 Å². The molecule has 1 aromatic heterocycles. The van der Waals surface area contributed by atoms with Crippen LogP contribution in [0.15, 0.2) is 71.7 Å². The van der Waals surface area contributed by atoms with E-state index in [9.17, 15) is 9.59 Å². The monoisotopic (exact) mass is 367 g/mol. The van der Waals surface area contributed by atoms with Crippen LogP contribution in [0.4, 0.5) is 0 Å². The van der Waals surface area contributed by atoms with Crippen LogP contribution >= 0.6 is 0 Å². The average Bonchev–Trinajstić information content (AvgIpc) is 2.74. The molecule has 0 spiro atoms. The van der Waals surface area contributed by atoms with Crippen LogP contribution in [0.2, 0.25) is 0 Å². The molecule has 0 saturated heterocycles. The van der Waals surface area contributed by atoms with E-state index < -0.39 is 0 Å². The van der Waals surface area contributed by atoms with E-state index in [-0.39, 0.29) is 24.5 Å². The zero-order chi connectivity index (χ0) is 19.9. The zero-order valence-electron chi connectivity index (χ0n) is 15.1. The quantitative estimate of drug-likeness (QED) is 0.496. The van der Waals surface area contributed by atoms with Gasteiger partial charge in [-0.3, -0.25) is 9.59 Å². The van der Waals surface area contributed by atoms with Gasteiger partial charge in [0.1, 0.15) is 12.4 Å². The Morgan fingerprint density at radius 2 is 1.71 bits per heavy atom. The highest BCUT2D eigenvalue weighted by Gasteiger charge is 2.18. The standard InChI is InChI=1S/C24H17NO3/c1-3-14-25-17-19(16-21(24(25)27)18-10-6-5-7-11-18)23(26)20-12-8-9-13-22(20)28-15-4-2/h1-2,5-13,16-17H,14-15H2. The number of pyridine rings is 1. The normalized spacial score (nSPS) is 9.93. The summed E-state index contributed by atoms with van der Waals surface area (Å²) in [6.07, 6.45) is 12.1. The summed E-state index contributed by atoms with van der Waals surface area (Å²) < 4.78 is 6.85. The van der Waals surface area contributed by atoms with Crippen molar-refractivity contribution in [3.05, 3.63) is 88.3 Å². The SMILES string of the molecule is C#CCOc1ccccc1C(=O)c1cc(-c2ccccc2)c(=O)n(CC#C)c1. The molecule has 0 amide bonds. The summed E-state index contributed by atoms with van der Waals surface area (Å²) >= 11 is 0. The largest absolute Gasteiger partial charge is 0.480 e. The minimum absolute atomic E-state index is 0.0517. The molecule has 1 heterocycles. The van der Waals surface area contributed by atoms with Gasteiger partial charge in [0.05, 0.1) is 12.1 Å². The molecule has 0 aliphatic carbocycles. The number of ketones is 1. The summed E-state index contributed by atoms with van der Waals surface area (Å²) in [4.78, 5) is 26.0. The van der Waals surface area contributed by atoms with E-state index in [1.54, 1.807) is 30.3 Å². The number of terminal acetylenes is 2. The Kier molecular flexibility index (Phi) is 5.75. The molecule has 0 N–H and O–H groups in total. The fourth-order valence-electron chi connectivity index (χ4n) is 2.86. The van der Waals surface area contributed by atoms with Crippen LogP contribution in [0, 0.1) is 24.7 Å². The van der Waals surface area contributed by atoms with E-state index in [0.717, 1.165) is 0 Å². The molecule has 3 rings (SSSR count). The van der Waals surface area contributed by atoms with Crippen molar-refractivity contribution in [2.24, 2.45) is 0 Å². The second kappa shape index (κ2) is 8.58. The average molecular weight is 367 g/mol. The van der Waals surface area contributed by atoms with Crippen molar-refractivity contribution in [3.63, 3.8) is 0 Å². The maximum Gasteiger partial charge on any atom is 0.259 e. The van der Waals surface area contributed by atoms with E-state index in [4.69, 9.17) is 17.6 Å². The Balaban J connectivity index is 2.14. The molecule has 0 atom stereocenters. The molecular formula is C24H17NO3. The summed E-state index contributed by atoms with van der Waals surface area (Å²) in [6.45, 7) is 0.116. The van der Waals surface area contributed by atoms with Crippen molar-refractivity contribution < 1.29 is 9.53 Å². The smallest absolute Gasteiger partial charge is 0.259 e. The minimum atomic E-state index is -0.282. The molecule has 4 nitrogen and oxygen atoms in total. The van der Waals surface area contributed by atoms with Crippen LogP contribution < -0.4 is 10.3 Å². The molecule has 28 heavy (non-hydrogen) atoms. The molecule has 2 aromatic carbocycles. The fraction of sp³-hybridized carbons (Fsp3) is 0.0833. The number of benzene rings is 2. The van der Waals surface area contributed by atoms with Crippen molar-refractivity contribution >= 4 is 5.78 Å². The maximum absolute atomic E-state index is 13.2. The maximum atomic E-state index is 13.2. The third-order valence-corrected chi connectivity index (χ3v) is 4.14. The summed E-state index contributed by atoms with van der Waals surface area (Å²) in [5.41, 5.74) is 1.57. The Bertz CT molecular complexity index is 1140. The predicted octanol–water partition coefficient (Wildman–Crippen LogP) is 3.39. The van der Waals surface area contributed by atoms with Crippen LogP contribution in [0.25, 0.3) is 11.1 Å². The lowest BCUT2D eigenvalue weighted by atomic mass is 9.99. The number of para-hydroxylation sites is 1. The third-order valence-electron chi connectivity index (χ3n) is 4.14. The number of carbonyl (C=O) groups is 1. The lowest BCUT2D eigenvalue weighted by Gasteiger charge is -2.12. The summed E-state index contributed by atoms with van der Waals surface area (Å²) in [6, 6.07) is 17.6. The first-order valence-electron chi connectivity index (χ1n) is 8.59. The van der Waals surface area contributed by atoms with Crippen LogP contribution in [-0.2, 0) is 6.54 Å². The summed E-state index contributed by atoms with van der Waals surface area (Å²) in [5.74, 6) is 4.95. The number of aromatic nitrogens is 1. The molecule has 0 bridgehead atoms. The molecule has 0 aliphatic rings. The van der Waals surface area contributed by atoms with Crippen molar-refractivity contribution in [1.29, 1.82) is 0 Å². The van der Waals surface area contributed by atoms with Gasteiger partial charge in [-0.25, -0.2) is 0 Å². The number of rotatable bonds is 6. The molecule has 0 saturated carbocycles. The second-order valence-electron chi connectivity index (χ2n) is 5.96. The number of hydrogen-bond donors (Lipinski definition) is 0. The number of nitrogens with zero attached hydrogens (tertiary/aromatic N) is 1. The fourth-order valence-corrected chi connectivity index (χ4v) is 2.86. The lowest BCUT2D eigenvalue weighted by Crippen LogP contribution is -2.23. The summed E-state index contributed by atoms with van der Waals surface area (Å²) in [7, 11) is 0. The van der Waals surface area contributed by atoms with Crippen LogP contribution in [0.1, 0.15) is 15.9 Å². The van der Waals surface area contributed by atoms with E-state index in [1.807, 2.05) is 30.3 Å². The van der Waals surface area contributed by atoms with Gasteiger partial charge >= 0.3 is 0 Å². The van der Waals surface area contributed by atoms with Gasteiger partial charge < -0.3 is 9.30 Å². The highest BCUT2D eigenvalue weighted by Crippen LogP contribution is 2.23. The minimum Gasteiger partial charge on any atom is -0.480 e. The van der Waals surface area contributed by atoms with Crippen LogP contribution in [0.3, 0.4) is 0 Å². The van der Waals surface area contributed by atoms with Gasteiger partial charge in [0.15, 0.2) is 5.78 Å². The predicted molar refractivity (Wildman–Crippen MR) is 109 cm³/mol. The Morgan fingerprint density at radius 3 is 2.43 bits per heavy atom. The Labute approximate surface area is 163 Å². The first kappa shape index (κ1) is 18.8. The molecule has 0 radical (unpaired) electrons. The first-order chi connectivity index (χ1) is 13.7. The Morgan fingerprint density at radius 1 is 1.00 bits per heavy atom.